The maximum atomic E-state index is 5.84. The van der Waals surface area contributed by atoms with Crippen LogP contribution >= 0.6 is 27.5 Å². The van der Waals surface area contributed by atoms with Crippen LogP contribution in [-0.2, 0) is 6.42 Å². The second-order valence-corrected chi connectivity index (χ2v) is 5.46. The first-order chi connectivity index (χ1) is 9.22. The van der Waals surface area contributed by atoms with E-state index in [1.54, 1.807) is 6.20 Å². The van der Waals surface area contributed by atoms with Crippen LogP contribution in [0.1, 0.15) is 5.56 Å². The first kappa shape index (κ1) is 12.7. The van der Waals surface area contributed by atoms with Gasteiger partial charge in [0.25, 0.3) is 0 Å². The van der Waals surface area contributed by atoms with Crippen molar-refractivity contribution in [1.29, 1.82) is 0 Å². The Hall–Kier alpha value is -1.33. The van der Waals surface area contributed by atoms with Gasteiger partial charge in [0.1, 0.15) is 17.7 Å². The van der Waals surface area contributed by atoms with E-state index in [2.05, 4.69) is 37.3 Å². The molecule has 0 spiro atoms. The molecule has 0 aliphatic carbocycles. The summed E-state index contributed by atoms with van der Waals surface area (Å²) in [4.78, 5) is 8.01. The summed E-state index contributed by atoms with van der Waals surface area (Å²) in [7, 11) is 0. The molecule has 1 aliphatic heterocycles. The minimum Gasteiger partial charge on any atom is -0.488 e. The van der Waals surface area contributed by atoms with Gasteiger partial charge < -0.3 is 10.1 Å². The Morgan fingerprint density at radius 2 is 2.26 bits per heavy atom. The molecular weight excluding hydrogens is 330 g/mol. The Bertz CT molecular complexity index is 583. The van der Waals surface area contributed by atoms with Crippen LogP contribution < -0.4 is 10.1 Å². The van der Waals surface area contributed by atoms with E-state index in [1.165, 1.54) is 5.56 Å². The third-order valence-electron chi connectivity index (χ3n) is 2.93. The fourth-order valence-electron chi connectivity index (χ4n) is 2.05. The summed E-state index contributed by atoms with van der Waals surface area (Å²) in [5.74, 6) is 1.65. The minimum atomic E-state index is 0.109. The maximum Gasteiger partial charge on any atom is 0.224 e. The van der Waals surface area contributed by atoms with Crippen molar-refractivity contribution in [3.05, 3.63) is 45.8 Å². The molecule has 4 nitrogen and oxygen atoms in total. The molecule has 0 bridgehead atoms. The monoisotopic (exact) mass is 339 g/mol. The summed E-state index contributed by atoms with van der Waals surface area (Å²) in [5, 5.41) is 3.45. The molecule has 1 N–H and O–H groups in total. The van der Waals surface area contributed by atoms with Crippen LogP contribution in [0.2, 0.25) is 5.28 Å². The molecule has 0 amide bonds. The van der Waals surface area contributed by atoms with Gasteiger partial charge in [-0.3, -0.25) is 0 Å². The fraction of sp³-hybridized carbons (Fsp3) is 0.231. The standard InChI is InChI=1S/C13H11BrClN3O/c14-10-7-17-13(15)18-12(10)16-6-9-5-8-3-1-2-4-11(8)19-9/h1-4,7,9H,5-6H2,(H,16,17,18). The predicted molar refractivity (Wildman–Crippen MR) is 77.8 cm³/mol. The van der Waals surface area contributed by atoms with Gasteiger partial charge in [-0.2, -0.15) is 4.98 Å². The number of nitrogens with one attached hydrogen (secondary N) is 1. The molecule has 0 saturated carbocycles. The number of nitrogens with zero attached hydrogens (tertiary/aromatic N) is 2. The summed E-state index contributed by atoms with van der Waals surface area (Å²) >= 11 is 9.15. The van der Waals surface area contributed by atoms with E-state index in [4.69, 9.17) is 16.3 Å². The summed E-state index contributed by atoms with van der Waals surface area (Å²) in [6, 6.07) is 8.09. The zero-order valence-electron chi connectivity index (χ0n) is 9.94. The van der Waals surface area contributed by atoms with Gasteiger partial charge in [-0.1, -0.05) is 18.2 Å². The topological polar surface area (TPSA) is 47.0 Å². The fourth-order valence-corrected chi connectivity index (χ4v) is 2.51. The normalized spacial score (nSPS) is 16.8. The van der Waals surface area contributed by atoms with Crippen LogP contribution in [0.15, 0.2) is 34.9 Å². The lowest BCUT2D eigenvalue weighted by Gasteiger charge is -2.13. The molecule has 2 aromatic rings. The number of para-hydroxylation sites is 1. The predicted octanol–water partition coefficient (Wildman–Crippen LogP) is 3.31. The Morgan fingerprint density at radius 1 is 1.42 bits per heavy atom. The quantitative estimate of drug-likeness (QED) is 0.871. The number of hydrogen-bond acceptors (Lipinski definition) is 4. The van der Waals surface area contributed by atoms with Gasteiger partial charge in [-0.15, -0.1) is 0 Å². The molecule has 98 valence electrons. The highest BCUT2D eigenvalue weighted by Crippen LogP contribution is 2.28. The molecule has 0 saturated heterocycles. The number of rotatable bonds is 3. The lowest BCUT2D eigenvalue weighted by atomic mass is 10.1. The van der Waals surface area contributed by atoms with Gasteiger partial charge in [0.2, 0.25) is 5.28 Å². The number of fused-ring (bicyclic) bond motifs is 1. The lowest BCUT2D eigenvalue weighted by molar-refractivity contribution is 0.246. The van der Waals surface area contributed by atoms with Crippen LogP contribution in [-0.4, -0.2) is 22.6 Å². The van der Waals surface area contributed by atoms with Crippen molar-refractivity contribution < 1.29 is 4.74 Å². The number of aromatic nitrogens is 2. The molecule has 1 aromatic heterocycles. The summed E-state index contributed by atoms with van der Waals surface area (Å²) in [6.45, 7) is 0.667. The van der Waals surface area contributed by atoms with Gasteiger partial charge in [0, 0.05) is 12.6 Å². The molecule has 0 radical (unpaired) electrons. The van der Waals surface area contributed by atoms with Gasteiger partial charge in [-0.25, -0.2) is 4.98 Å². The highest BCUT2D eigenvalue weighted by Gasteiger charge is 2.22. The zero-order chi connectivity index (χ0) is 13.2. The number of anilines is 1. The number of benzene rings is 1. The third kappa shape index (κ3) is 2.82. The first-order valence-corrected chi connectivity index (χ1v) is 7.06. The van der Waals surface area contributed by atoms with Gasteiger partial charge in [-0.05, 0) is 39.2 Å². The second-order valence-electron chi connectivity index (χ2n) is 4.27. The maximum absolute atomic E-state index is 5.84. The highest BCUT2D eigenvalue weighted by atomic mass is 79.9. The van der Waals surface area contributed by atoms with Gasteiger partial charge >= 0.3 is 0 Å². The average molecular weight is 341 g/mol. The molecule has 1 atom stereocenters. The van der Waals surface area contributed by atoms with Crippen LogP contribution in [0.3, 0.4) is 0 Å². The van der Waals surface area contributed by atoms with E-state index in [1.807, 2.05) is 18.2 Å². The van der Waals surface area contributed by atoms with Crippen molar-refractivity contribution >= 4 is 33.3 Å². The van der Waals surface area contributed by atoms with E-state index in [-0.39, 0.29) is 11.4 Å². The smallest absolute Gasteiger partial charge is 0.224 e. The van der Waals surface area contributed by atoms with Crippen molar-refractivity contribution in [2.45, 2.75) is 12.5 Å². The first-order valence-electron chi connectivity index (χ1n) is 5.89. The van der Waals surface area contributed by atoms with Crippen molar-refractivity contribution in [3.8, 4) is 5.75 Å². The van der Waals surface area contributed by atoms with Crippen molar-refractivity contribution in [3.63, 3.8) is 0 Å². The zero-order valence-corrected chi connectivity index (χ0v) is 12.3. The molecule has 2 heterocycles. The molecular formula is C13H11BrClN3O. The van der Waals surface area contributed by atoms with E-state index in [0.29, 0.717) is 12.4 Å². The molecule has 3 rings (SSSR count). The van der Waals surface area contributed by atoms with Crippen molar-refractivity contribution in [1.82, 2.24) is 9.97 Å². The number of hydrogen-bond donors (Lipinski definition) is 1. The summed E-state index contributed by atoms with van der Waals surface area (Å²) in [6.07, 6.45) is 2.64. The molecule has 1 aliphatic rings. The average Bonchev–Trinajstić information content (AvgIpc) is 2.82. The lowest BCUT2D eigenvalue weighted by Crippen LogP contribution is -2.24. The SMILES string of the molecule is Clc1ncc(Br)c(NCC2Cc3ccccc3O2)n1. The van der Waals surface area contributed by atoms with Crippen molar-refractivity contribution in [2.75, 3.05) is 11.9 Å². The van der Waals surface area contributed by atoms with Crippen LogP contribution in [0, 0.1) is 0 Å². The largest absolute Gasteiger partial charge is 0.488 e. The van der Waals surface area contributed by atoms with E-state index in [9.17, 15) is 0 Å². The van der Waals surface area contributed by atoms with Crippen molar-refractivity contribution in [2.24, 2.45) is 0 Å². The highest BCUT2D eigenvalue weighted by molar-refractivity contribution is 9.10. The third-order valence-corrected chi connectivity index (χ3v) is 3.69. The van der Waals surface area contributed by atoms with Gasteiger partial charge in [0.05, 0.1) is 11.0 Å². The molecule has 1 aromatic carbocycles. The van der Waals surface area contributed by atoms with Crippen LogP contribution in [0.4, 0.5) is 5.82 Å². The molecule has 0 fully saturated rings. The Balaban J connectivity index is 1.64. The molecule has 1 unspecified atom stereocenters. The number of ether oxygens (including phenoxy) is 1. The Morgan fingerprint density at radius 3 is 3.11 bits per heavy atom. The molecule has 19 heavy (non-hydrogen) atoms. The minimum absolute atomic E-state index is 0.109. The summed E-state index contributed by atoms with van der Waals surface area (Å²) in [5.41, 5.74) is 1.24. The number of halogens is 2. The summed E-state index contributed by atoms with van der Waals surface area (Å²) < 4.78 is 6.63. The van der Waals surface area contributed by atoms with Crippen LogP contribution in [0.25, 0.3) is 0 Å². The Labute approximate surface area is 124 Å². The van der Waals surface area contributed by atoms with Gasteiger partial charge in [0.15, 0.2) is 0 Å². The van der Waals surface area contributed by atoms with Crippen LogP contribution in [0.5, 0.6) is 5.75 Å². The van der Waals surface area contributed by atoms with E-state index < -0.39 is 0 Å². The van der Waals surface area contributed by atoms with E-state index >= 15 is 0 Å². The second kappa shape index (κ2) is 5.35. The molecule has 6 heteroatoms. The Kier molecular flexibility index (Phi) is 3.57. The van der Waals surface area contributed by atoms with E-state index in [0.717, 1.165) is 16.6 Å².